The van der Waals surface area contributed by atoms with Gasteiger partial charge in [0.1, 0.15) is 0 Å². The second-order valence-electron chi connectivity index (χ2n) is 3.57. The van der Waals surface area contributed by atoms with E-state index in [2.05, 4.69) is 55.6 Å². The van der Waals surface area contributed by atoms with Crippen molar-refractivity contribution in [3.63, 3.8) is 0 Å². The molecule has 2 heteroatoms. The van der Waals surface area contributed by atoms with Crippen molar-refractivity contribution in [3.05, 3.63) is 18.5 Å². The molecule has 11 heavy (non-hydrogen) atoms. The van der Waals surface area contributed by atoms with Gasteiger partial charge in [0.05, 0.1) is 11.7 Å². The Morgan fingerprint density at radius 3 is 2.45 bits per heavy atom. The number of rotatable bonds is 2. The molecule has 0 aliphatic rings. The summed E-state index contributed by atoms with van der Waals surface area (Å²) in [6.45, 7) is 6.69. The topological polar surface area (TPSA) is 8.81 Å². The van der Waals surface area contributed by atoms with Gasteiger partial charge in [0.25, 0.3) is 0 Å². The highest BCUT2D eigenvalue weighted by Crippen LogP contribution is 2.15. The summed E-state index contributed by atoms with van der Waals surface area (Å²) < 4.78 is 4.36. The highest BCUT2D eigenvalue weighted by Gasteiger charge is 2.22. The number of aromatic nitrogens is 2. The van der Waals surface area contributed by atoms with Gasteiger partial charge in [-0.25, -0.2) is 0 Å². The molecular weight excluding hydrogens is 136 g/mol. The lowest BCUT2D eigenvalue weighted by atomic mass is 10.0. The van der Waals surface area contributed by atoms with Gasteiger partial charge in [-0.15, -0.1) is 4.68 Å². The van der Waals surface area contributed by atoms with Crippen LogP contribution in [-0.2, 0) is 12.6 Å². The second-order valence-corrected chi connectivity index (χ2v) is 3.57. The molecule has 0 unspecified atom stereocenters. The van der Waals surface area contributed by atoms with E-state index in [1.54, 1.807) is 0 Å². The summed E-state index contributed by atoms with van der Waals surface area (Å²) in [7, 11) is 2.07. The second kappa shape index (κ2) is 2.68. The maximum Gasteiger partial charge on any atom is 0.195 e. The smallest absolute Gasteiger partial charge is 0.156 e. The molecule has 0 aliphatic carbocycles. The Labute approximate surface area is 68.4 Å². The zero-order valence-electron chi connectivity index (χ0n) is 7.83. The first-order valence-electron chi connectivity index (χ1n) is 4.11. The Morgan fingerprint density at radius 1 is 1.45 bits per heavy atom. The molecule has 1 aromatic rings. The Hall–Kier alpha value is -0.790. The highest BCUT2D eigenvalue weighted by atomic mass is 15.4. The van der Waals surface area contributed by atoms with Gasteiger partial charge in [0, 0.05) is 6.07 Å². The summed E-state index contributed by atoms with van der Waals surface area (Å²) in [4.78, 5) is 0. The average molecular weight is 153 g/mol. The van der Waals surface area contributed by atoms with E-state index in [0.29, 0.717) is 0 Å². The first-order chi connectivity index (χ1) is 5.08. The van der Waals surface area contributed by atoms with E-state index in [1.807, 2.05) is 0 Å². The molecule has 0 bridgehead atoms. The lowest BCUT2D eigenvalue weighted by Gasteiger charge is -2.20. The first kappa shape index (κ1) is 8.31. The Bertz CT molecular complexity index is 235. The van der Waals surface area contributed by atoms with Crippen molar-refractivity contribution >= 4 is 0 Å². The van der Waals surface area contributed by atoms with Crippen LogP contribution in [0.5, 0.6) is 0 Å². The molecule has 0 amide bonds. The largest absolute Gasteiger partial charge is 0.195 e. The normalized spacial score (nSPS) is 12.0. The lowest BCUT2D eigenvalue weighted by molar-refractivity contribution is -0.760. The summed E-state index contributed by atoms with van der Waals surface area (Å²) in [5, 5.41) is 0. The predicted octanol–water partition coefficient (Wildman–Crippen LogP) is 1.46. The Kier molecular flexibility index (Phi) is 2.03. The van der Waals surface area contributed by atoms with Crippen LogP contribution in [0.2, 0.25) is 0 Å². The molecule has 0 saturated carbocycles. The van der Waals surface area contributed by atoms with Gasteiger partial charge in [0.2, 0.25) is 0 Å². The maximum atomic E-state index is 2.24. The van der Waals surface area contributed by atoms with Crippen LogP contribution in [0.4, 0.5) is 0 Å². The highest BCUT2D eigenvalue weighted by molar-refractivity contribution is 4.79. The van der Waals surface area contributed by atoms with E-state index in [9.17, 15) is 0 Å². The zero-order valence-corrected chi connectivity index (χ0v) is 7.83. The molecule has 62 valence electrons. The minimum absolute atomic E-state index is 0.234. The molecule has 0 N–H and O–H groups in total. The number of hydrogen-bond acceptors (Lipinski definition) is 0. The van der Waals surface area contributed by atoms with Crippen LogP contribution in [0.3, 0.4) is 0 Å². The van der Waals surface area contributed by atoms with Crippen LogP contribution in [0.1, 0.15) is 27.2 Å². The molecule has 0 spiro atoms. The molecular formula is C9H17N2+. The molecule has 0 saturated heterocycles. The van der Waals surface area contributed by atoms with Crippen LogP contribution in [0.25, 0.3) is 0 Å². The fraction of sp³-hybridized carbons (Fsp3) is 0.667. The molecule has 1 aromatic heterocycles. The van der Waals surface area contributed by atoms with Gasteiger partial charge in [-0.3, -0.25) is 0 Å². The van der Waals surface area contributed by atoms with Gasteiger partial charge < -0.3 is 0 Å². The van der Waals surface area contributed by atoms with Gasteiger partial charge in [-0.1, -0.05) is 6.92 Å². The van der Waals surface area contributed by atoms with Crippen molar-refractivity contribution < 1.29 is 4.68 Å². The van der Waals surface area contributed by atoms with Crippen LogP contribution < -0.4 is 4.68 Å². The zero-order chi connectivity index (χ0) is 8.48. The van der Waals surface area contributed by atoms with Crippen molar-refractivity contribution in [2.75, 3.05) is 0 Å². The molecule has 0 atom stereocenters. The van der Waals surface area contributed by atoms with Crippen LogP contribution in [-0.4, -0.2) is 4.68 Å². The SMILES string of the molecule is CCC(C)(C)n1ccc[n+]1C. The molecule has 0 fully saturated rings. The summed E-state index contributed by atoms with van der Waals surface area (Å²) >= 11 is 0. The quantitative estimate of drug-likeness (QED) is 0.569. The summed E-state index contributed by atoms with van der Waals surface area (Å²) in [6.07, 6.45) is 5.33. The predicted molar refractivity (Wildman–Crippen MR) is 45.2 cm³/mol. The fourth-order valence-corrected chi connectivity index (χ4v) is 1.21. The average Bonchev–Trinajstić information content (AvgIpc) is 2.36. The molecule has 0 radical (unpaired) electrons. The van der Waals surface area contributed by atoms with Crippen molar-refractivity contribution in [2.45, 2.75) is 32.7 Å². The van der Waals surface area contributed by atoms with Crippen molar-refractivity contribution in [1.82, 2.24) is 4.68 Å². The standard InChI is InChI=1S/C9H17N2/c1-5-9(2,3)11-8-6-7-10(11)4/h6-8H,5H2,1-4H3/q+1. The van der Waals surface area contributed by atoms with Crippen molar-refractivity contribution in [2.24, 2.45) is 7.05 Å². The van der Waals surface area contributed by atoms with E-state index >= 15 is 0 Å². The van der Waals surface area contributed by atoms with Crippen LogP contribution in [0, 0.1) is 0 Å². The van der Waals surface area contributed by atoms with Crippen LogP contribution in [0.15, 0.2) is 18.5 Å². The Morgan fingerprint density at radius 2 is 2.09 bits per heavy atom. The van der Waals surface area contributed by atoms with E-state index in [1.165, 1.54) is 0 Å². The number of aryl methyl sites for hydroxylation is 1. The van der Waals surface area contributed by atoms with Crippen molar-refractivity contribution in [1.29, 1.82) is 0 Å². The molecule has 0 aromatic carbocycles. The third kappa shape index (κ3) is 1.44. The lowest BCUT2D eigenvalue weighted by Crippen LogP contribution is -2.46. The van der Waals surface area contributed by atoms with E-state index in [4.69, 9.17) is 0 Å². The van der Waals surface area contributed by atoms with Gasteiger partial charge in [-0.2, -0.15) is 4.68 Å². The minimum Gasteiger partial charge on any atom is -0.156 e. The monoisotopic (exact) mass is 153 g/mol. The first-order valence-corrected chi connectivity index (χ1v) is 4.11. The summed E-state index contributed by atoms with van der Waals surface area (Å²) in [5.74, 6) is 0. The number of hydrogen-bond donors (Lipinski definition) is 0. The van der Waals surface area contributed by atoms with E-state index in [0.717, 1.165) is 6.42 Å². The Balaban J connectivity index is 3.00. The van der Waals surface area contributed by atoms with Gasteiger partial charge >= 0.3 is 0 Å². The van der Waals surface area contributed by atoms with E-state index in [-0.39, 0.29) is 5.54 Å². The summed E-state index contributed by atoms with van der Waals surface area (Å²) in [5.41, 5.74) is 0.234. The fourth-order valence-electron chi connectivity index (χ4n) is 1.21. The molecule has 1 rings (SSSR count). The van der Waals surface area contributed by atoms with E-state index < -0.39 is 0 Å². The summed E-state index contributed by atoms with van der Waals surface area (Å²) in [6, 6.07) is 2.07. The van der Waals surface area contributed by atoms with Crippen LogP contribution >= 0.6 is 0 Å². The van der Waals surface area contributed by atoms with Gasteiger partial charge in [0.15, 0.2) is 13.2 Å². The third-order valence-electron chi connectivity index (χ3n) is 2.35. The third-order valence-corrected chi connectivity index (χ3v) is 2.35. The minimum atomic E-state index is 0.234. The molecule has 2 nitrogen and oxygen atoms in total. The maximum absolute atomic E-state index is 2.24. The molecule has 0 aliphatic heterocycles. The van der Waals surface area contributed by atoms with Crippen molar-refractivity contribution in [3.8, 4) is 0 Å². The number of nitrogens with zero attached hydrogens (tertiary/aromatic N) is 2. The van der Waals surface area contributed by atoms with Gasteiger partial charge in [-0.05, 0) is 20.3 Å². The molecule has 1 heterocycles.